The first kappa shape index (κ1) is 24.5. The zero-order valence-corrected chi connectivity index (χ0v) is 18.2. The smallest absolute Gasteiger partial charge is 0.416 e. The predicted octanol–water partition coefficient (Wildman–Crippen LogP) is 3.75. The minimum Gasteiger partial charge on any atom is -0.481 e. The fraction of sp³-hybridized carbons (Fsp3) is 0.217. The number of benzene rings is 2. The van der Waals surface area contributed by atoms with Gasteiger partial charge in [0.2, 0.25) is 5.69 Å². The van der Waals surface area contributed by atoms with E-state index in [-0.39, 0.29) is 23.7 Å². The standard InChI is InChI=1S/C23H20F3N3O5/c1-3-33-22(32)21-18(12-20(31)29(28-21)17-10-4-14(2)5-11-17)34-13-19(30)27-16-8-6-15(7-9-16)23(24,25)26/h4-12H,3,13H2,1-2H3,(H,27,30). The average Bonchev–Trinajstić information content (AvgIpc) is 2.78. The van der Waals surface area contributed by atoms with Crippen LogP contribution in [0.3, 0.4) is 0 Å². The van der Waals surface area contributed by atoms with Crippen molar-refractivity contribution in [2.24, 2.45) is 0 Å². The molecule has 0 aliphatic rings. The van der Waals surface area contributed by atoms with Crippen molar-refractivity contribution >= 4 is 17.6 Å². The van der Waals surface area contributed by atoms with Crippen LogP contribution in [0.15, 0.2) is 59.4 Å². The highest BCUT2D eigenvalue weighted by molar-refractivity contribution is 5.93. The molecule has 0 atom stereocenters. The van der Waals surface area contributed by atoms with Crippen molar-refractivity contribution in [3.8, 4) is 11.4 Å². The molecule has 8 nitrogen and oxygen atoms in total. The molecule has 1 N–H and O–H groups in total. The Kier molecular flexibility index (Phi) is 7.34. The molecule has 3 aromatic rings. The fourth-order valence-corrected chi connectivity index (χ4v) is 2.84. The maximum atomic E-state index is 12.7. The van der Waals surface area contributed by atoms with Crippen molar-refractivity contribution in [1.82, 2.24) is 9.78 Å². The Morgan fingerprint density at radius 1 is 1.06 bits per heavy atom. The number of carbonyl (C=O) groups is 2. The third-order valence-corrected chi connectivity index (χ3v) is 4.50. The number of nitrogens with zero attached hydrogens (tertiary/aromatic N) is 2. The number of esters is 1. The number of anilines is 1. The lowest BCUT2D eigenvalue weighted by molar-refractivity contribution is -0.137. The van der Waals surface area contributed by atoms with Crippen molar-refractivity contribution in [2.45, 2.75) is 20.0 Å². The van der Waals surface area contributed by atoms with Crippen LogP contribution in [0, 0.1) is 6.92 Å². The number of hydrogen-bond donors (Lipinski definition) is 1. The molecule has 0 unspecified atom stereocenters. The number of ether oxygens (including phenoxy) is 2. The molecule has 0 aliphatic carbocycles. The number of halogens is 3. The summed E-state index contributed by atoms with van der Waals surface area (Å²) in [6, 6.07) is 11.7. The van der Waals surface area contributed by atoms with E-state index in [1.807, 2.05) is 6.92 Å². The number of alkyl halides is 3. The summed E-state index contributed by atoms with van der Waals surface area (Å²) in [5.74, 6) is -1.85. The average molecular weight is 475 g/mol. The first-order valence-corrected chi connectivity index (χ1v) is 10.1. The van der Waals surface area contributed by atoms with E-state index < -0.39 is 35.8 Å². The lowest BCUT2D eigenvalue weighted by Crippen LogP contribution is -2.27. The van der Waals surface area contributed by atoms with Gasteiger partial charge in [0.15, 0.2) is 12.4 Å². The molecule has 0 aliphatic heterocycles. The minimum absolute atomic E-state index is 0.0397. The van der Waals surface area contributed by atoms with Gasteiger partial charge in [0.1, 0.15) is 0 Å². The Labute approximate surface area is 191 Å². The molecular formula is C23H20F3N3O5. The van der Waals surface area contributed by atoms with Crippen molar-refractivity contribution < 1.29 is 32.2 Å². The van der Waals surface area contributed by atoms with Gasteiger partial charge in [-0.15, -0.1) is 0 Å². The monoisotopic (exact) mass is 475 g/mol. The Morgan fingerprint density at radius 2 is 1.71 bits per heavy atom. The molecule has 11 heteroatoms. The predicted molar refractivity (Wildman–Crippen MR) is 116 cm³/mol. The number of carbonyl (C=O) groups excluding carboxylic acids is 2. The fourth-order valence-electron chi connectivity index (χ4n) is 2.84. The molecule has 34 heavy (non-hydrogen) atoms. The van der Waals surface area contributed by atoms with Crippen LogP contribution in [-0.4, -0.2) is 34.9 Å². The molecule has 178 valence electrons. The van der Waals surface area contributed by atoms with Gasteiger partial charge in [0.05, 0.1) is 23.9 Å². The topological polar surface area (TPSA) is 99.5 Å². The van der Waals surface area contributed by atoms with E-state index in [9.17, 15) is 27.6 Å². The Bertz CT molecular complexity index is 1240. The SMILES string of the molecule is CCOC(=O)c1nn(-c2ccc(C)cc2)c(=O)cc1OCC(=O)Nc1ccc(C(F)(F)F)cc1. The summed E-state index contributed by atoms with van der Waals surface area (Å²) < 4.78 is 49.3. The quantitative estimate of drug-likeness (QED) is 0.523. The number of amides is 1. The number of aromatic nitrogens is 2. The van der Waals surface area contributed by atoms with Gasteiger partial charge in [-0.05, 0) is 50.2 Å². The molecular weight excluding hydrogens is 455 g/mol. The zero-order valence-electron chi connectivity index (χ0n) is 18.2. The van der Waals surface area contributed by atoms with E-state index in [0.717, 1.165) is 40.6 Å². The molecule has 3 rings (SSSR count). The summed E-state index contributed by atoms with van der Waals surface area (Å²) in [7, 11) is 0. The molecule has 0 fully saturated rings. The lowest BCUT2D eigenvalue weighted by atomic mass is 10.2. The Hall–Kier alpha value is -4.15. The van der Waals surface area contributed by atoms with Crippen LogP contribution < -0.4 is 15.6 Å². The van der Waals surface area contributed by atoms with E-state index >= 15 is 0 Å². The van der Waals surface area contributed by atoms with Crippen LogP contribution in [0.25, 0.3) is 5.69 Å². The first-order valence-electron chi connectivity index (χ1n) is 10.1. The highest BCUT2D eigenvalue weighted by atomic mass is 19.4. The second-order valence-electron chi connectivity index (χ2n) is 7.08. The molecule has 1 amide bonds. The van der Waals surface area contributed by atoms with E-state index in [4.69, 9.17) is 9.47 Å². The van der Waals surface area contributed by atoms with Gasteiger partial charge in [-0.3, -0.25) is 9.59 Å². The highest BCUT2D eigenvalue weighted by Crippen LogP contribution is 2.29. The van der Waals surface area contributed by atoms with Gasteiger partial charge < -0.3 is 14.8 Å². The zero-order chi connectivity index (χ0) is 24.9. The molecule has 0 bridgehead atoms. The maximum absolute atomic E-state index is 12.7. The van der Waals surface area contributed by atoms with Gasteiger partial charge in [0.25, 0.3) is 11.5 Å². The van der Waals surface area contributed by atoms with Crippen molar-refractivity contribution in [3.63, 3.8) is 0 Å². The van der Waals surface area contributed by atoms with E-state index in [0.29, 0.717) is 5.69 Å². The third-order valence-electron chi connectivity index (χ3n) is 4.50. The third kappa shape index (κ3) is 6.00. The number of hydrogen-bond acceptors (Lipinski definition) is 6. The van der Waals surface area contributed by atoms with Crippen LogP contribution in [0.5, 0.6) is 5.75 Å². The number of aryl methyl sites for hydroxylation is 1. The van der Waals surface area contributed by atoms with Crippen LogP contribution in [0.4, 0.5) is 18.9 Å². The molecule has 0 radical (unpaired) electrons. The largest absolute Gasteiger partial charge is 0.481 e. The molecule has 0 saturated heterocycles. The van der Waals surface area contributed by atoms with Crippen molar-refractivity contribution in [1.29, 1.82) is 0 Å². The summed E-state index contributed by atoms with van der Waals surface area (Å²) in [6.07, 6.45) is -4.50. The summed E-state index contributed by atoms with van der Waals surface area (Å²) in [5.41, 5.74) is -0.310. The van der Waals surface area contributed by atoms with Crippen LogP contribution >= 0.6 is 0 Å². The molecule has 1 heterocycles. The molecule has 0 saturated carbocycles. The second kappa shape index (κ2) is 10.2. The highest BCUT2D eigenvalue weighted by Gasteiger charge is 2.30. The van der Waals surface area contributed by atoms with E-state index in [2.05, 4.69) is 10.4 Å². The maximum Gasteiger partial charge on any atom is 0.416 e. The van der Waals surface area contributed by atoms with Crippen molar-refractivity contribution in [3.05, 3.63) is 81.8 Å². The first-order chi connectivity index (χ1) is 16.1. The van der Waals surface area contributed by atoms with E-state index in [1.165, 1.54) is 0 Å². The number of rotatable bonds is 7. The van der Waals surface area contributed by atoms with Crippen LogP contribution in [0.2, 0.25) is 0 Å². The van der Waals surface area contributed by atoms with Gasteiger partial charge in [-0.2, -0.15) is 23.0 Å². The summed E-state index contributed by atoms with van der Waals surface area (Å²) >= 11 is 0. The second-order valence-corrected chi connectivity index (χ2v) is 7.08. The summed E-state index contributed by atoms with van der Waals surface area (Å²) in [4.78, 5) is 37.2. The van der Waals surface area contributed by atoms with Gasteiger partial charge in [0, 0.05) is 5.69 Å². The Morgan fingerprint density at radius 3 is 2.29 bits per heavy atom. The number of nitrogens with one attached hydrogen (secondary N) is 1. The lowest BCUT2D eigenvalue weighted by Gasteiger charge is -2.13. The van der Waals surface area contributed by atoms with Crippen LogP contribution in [-0.2, 0) is 15.7 Å². The van der Waals surface area contributed by atoms with Crippen molar-refractivity contribution in [2.75, 3.05) is 18.5 Å². The van der Waals surface area contributed by atoms with Gasteiger partial charge in [-0.1, -0.05) is 17.7 Å². The molecule has 2 aromatic carbocycles. The molecule has 1 aromatic heterocycles. The van der Waals surface area contributed by atoms with Gasteiger partial charge in [-0.25, -0.2) is 4.79 Å². The Balaban J connectivity index is 1.79. The van der Waals surface area contributed by atoms with E-state index in [1.54, 1.807) is 31.2 Å². The van der Waals surface area contributed by atoms with Crippen LogP contribution in [0.1, 0.15) is 28.5 Å². The minimum atomic E-state index is -4.50. The summed E-state index contributed by atoms with van der Waals surface area (Å²) in [6.45, 7) is 2.86. The van der Waals surface area contributed by atoms with Gasteiger partial charge >= 0.3 is 12.1 Å². The normalized spacial score (nSPS) is 11.1. The molecule has 0 spiro atoms. The summed E-state index contributed by atoms with van der Waals surface area (Å²) in [5, 5.41) is 6.42.